The van der Waals surface area contributed by atoms with Gasteiger partial charge in [0.2, 0.25) is 10.0 Å². The fourth-order valence-electron chi connectivity index (χ4n) is 2.22. The van der Waals surface area contributed by atoms with Crippen LogP contribution in [0, 0.1) is 5.82 Å². The number of nitrogen functional groups attached to an aromatic ring is 2. The van der Waals surface area contributed by atoms with E-state index in [1.54, 1.807) is 4.90 Å². The van der Waals surface area contributed by atoms with E-state index in [1.165, 1.54) is 10.4 Å². The average molecular weight is 323 g/mol. The number of hydrogen-bond donors (Lipinski definition) is 2. The summed E-state index contributed by atoms with van der Waals surface area (Å²) in [6.45, 7) is 1.24. The zero-order valence-electron chi connectivity index (χ0n) is 10.9. The highest BCUT2D eigenvalue weighted by Gasteiger charge is 2.27. The zero-order chi connectivity index (χ0) is 15.1. The molecule has 1 fully saturated rings. The fraction of sp³-hybridized carbons (Fsp3) is 0.455. The minimum absolute atomic E-state index is 0.0835. The van der Waals surface area contributed by atoms with Gasteiger partial charge in [0.25, 0.3) is 0 Å². The van der Waals surface area contributed by atoms with Gasteiger partial charge in [0.1, 0.15) is 5.02 Å². The Bertz CT molecular complexity index is 630. The van der Waals surface area contributed by atoms with E-state index >= 15 is 0 Å². The summed E-state index contributed by atoms with van der Waals surface area (Å²) in [5, 5.41) is -0.167. The Balaban J connectivity index is 2.26. The molecule has 0 saturated carbocycles. The van der Waals surface area contributed by atoms with Crippen molar-refractivity contribution in [1.82, 2.24) is 4.31 Å². The van der Waals surface area contributed by atoms with Gasteiger partial charge in [0, 0.05) is 26.2 Å². The highest BCUT2D eigenvalue weighted by Crippen LogP contribution is 2.36. The van der Waals surface area contributed by atoms with Crippen molar-refractivity contribution in [3.63, 3.8) is 0 Å². The smallest absolute Gasteiger partial charge is 0.211 e. The number of anilines is 3. The molecular formula is C11H16ClFN4O2S. The first kappa shape index (κ1) is 15.1. The van der Waals surface area contributed by atoms with E-state index in [4.69, 9.17) is 23.1 Å². The molecule has 6 nitrogen and oxygen atoms in total. The van der Waals surface area contributed by atoms with Crippen LogP contribution >= 0.6 is 11.6 Å². The second-order valence-corrected chi connectivity index (χ2v) is 7.04. The fourth-order valence-corrected chi connectivity index (χ4v) is 3.19. The van der Waals surface area contributed by atoms with Crippen LogP contribution in [0.15, 0.2) is 6.07 Å². The molecule has 112 valence electrons. The van der Waals surface area contributed by atoms with Gasteiger partial charge in [-0.15, -0.1) is 0 Å². The Morgan fingerprint density at radius 1 is 1.20 bits per heavy atom. The van der Waals surface area contributed by atoms with Crippen molar-refractivity contribution in [3.05, 3.63) is 16.9 Å². The van der Waals surface area contributed by atoms with Crippen molar-refractivity contribution in [1.29, 1.82) is 0 Å². The lowest BCUT2D eigenvalue weighted by Crippen LogP contribution is -2.48. The molecule has 0 unspecified atom stereocenters. The largest absolute Gasteiger partial charge is 0.397 e. The zero-order valence-corrected chi connectivity index (χ0v) is 12.5. The van der Waals surface area contributed by atoms with E-state index in [9.17, 15) is 12.8 Å². The third-order valence-corrected chi connectivity index (χ3v) is 4.95. The molecule has 0 aromatic heterocycles. The van der Waals surface area contributed by atoms with Crippen molar-refractivity contribution >= 4 is 38.7 Å². The Hall–Kier alpha value is -1.25. The number of hydrogen-bond acceptors (Lipinski definition) is 5. The second-order valence-electron chi connectivity index (χ2n) is 4.68. The van der Waals surface area contributed by atoms with Gasteiger partial charge in [-0.3, -0.25) is 0 Å². The van der Waals surface area contributed by atoms with E-state index < -0.39 is 15.8 Å². The van der Waals surface area contributed by atoms with Crippen molar-refractivity contribution < 1.29 is 12.8 Å². The monoisotopic (exact) mass is 322 g/mol. The molecule has 9 heteroatoms. The first-order chi connectivity index (χ1) is 9.21. The van der Waals surface area contributed by atoms with Gasteiger partial charge < -0.3 is 16.4 Å². The molecule has 1 aromatic carbocycles. The van der Waals surface area contributed by atoms with Crippen molar-refractivity contribution in [2.75, 3.05) is 48.8 Å². The van der Waals surface area contributed by atoms with Crippen LogP contribution in [0.25, 0.3) is 0 Å². The van der Waals surface area contributed by atoms with Gasteiger partial charge in [0.15, 0.2) is 5.82 Å². The molecule has 1 aliphatic rings. The molecule has 0 radical (unpaired) electrons. The molecule has 0 amide bonds. The lowest BCUT2D eigenvalue weighted by molar-refractivity contribution is 0.386. The third kappa shape index (κ3) is 2.77. The predicted octanol–water partition coefficient (Wildman–Crippen LogP) is 0.725. The summed E-state index contributed by atoms with van der Waals surface area (Å²) in [5.74, 6) is -0.669. The Morgan fingerprint density at radius 3 is 2.25 bits per heavy atom. The van der Waals surface area contributed by atoms with Crippen molar-refractivity contribution in [2.24, 2.45) is 0 Å². The highest BCUT2D eigenvalue weighted by molar-refractivity contribution is 7.88. The number of sulfonamides is 1. The van der Waals surface area contributed by atoms with E-state index in [-0.39, 0.29) is 35.2 Å². The molecule has 0 bridgehead atoms. The van der Waals surface area contributed by atoms with Crippen LogP contribution in [0.1, 0.15) is 0 Å². The van der Waals surface area contributed by atoms with Crippen LogP contribution in [-0.2, 0) is 10.0 Å². The van der Waals surface area contributed by atoms with Gasteiger partial charge >= 0.3 is 0 Å². The predicted molar refractivity (Wildman–Crippen MR) is 78.9 cm³/mol. The third-order valence-electron chi connectivity index (χ3n) is 3.26. The lowest BCUT2D eigenvalue weighted by Gasteiger charge is -2.35. The number of rotatable bonds is 2. The summed E-state index contributed by atoms with van der Waals surface area (Å²) in [4.78, 5) is 1.68. The summed E-state index contributed by atoms with van der Waals surface area (Å²) >= 11 is 5.79. The van der Waals surface area contributed by atoms with Gasteiger partial charge in [-0.1, -0.05) is 11.6 Å². The van der Waals surface area contributed by atoms with Crippen molar-refractivity contribution in [3.8, 4) is 0 Å². The minimum atomic E-state index is -3.23. The van der Waals surface area contributed by atoms with Crippen LogP contribution in [0.5, 0.6) is 0 Å². The Labute approximate surface area is 122 Å². The first-order valence-electron chi connectivity index (χ1n) is 5.95. The molecule has 0 aliphatic carbocycles. The summed E-state index contributed by atoms with van der Waals surface area (Å²) < 4.78 is 38.4. The lowest BCUT2D eigenvalue weighted by atomic mass is 10.2. The normalized spacial score (nSPS) is 17.4. The molecule has 1 aromatic rings. The van der Waals surface area contributed by atoms with E-state index in [1.807, 2.05) is 0 Å². The SMILES string of the molecule is CS(=O)(=O)N1CCN(c2c(N)cc(N)c(Cl)c2F)CC1. The highest BCUT2D eigenvalue weighted by atomic mass is 35.5. The van der Waals surface area contributed by atoms with Crippen LogP contribution < -0.4 is 16.4 Å². The molecule has 0 spiro atoms. The second kappa shape index (κ2) is 5.27. The molecule has 1 saturated heterocycles. The van der Waals surface area contributed by atoms with E-state index in [0.717, 1.165) is 6.26 Å². The van der Waals surface area contributed by atoms with Crippen molar-refractivity contribution in [2.45, 2.75) is 0 Å². The average Bonchev–Trinajstić information content (AvgIpc) is 2.36. The van der Waals surface area contributed by atoms with E-state index in [2.05, 4.69) is 0 Å². The quantitative estimate of drug-likeness (QED) is 0.783. The van der Waals surface area contributed by atoms with Crippen LogP contribution in [0.2, 0.25) is 5.02 Å². The number of benzene rings is 1. The Morgan fingerprint density at radius 2 is 1.75 bits per heavy atom. The summed E-state index contributed by atoms with van der Waals surface area (Å²) in [6, 6.07) is 1.41. The number of halogens is 2. The maximum atomic E-state index is 14.2. The maximum absolute atomic E-state index is 14.2. The molecule has 1 heterocycles. The van der Waals surface area contributed by atoms with Crippen LogP contribution in [0.4, 0.5) is 21.5 Å². The molecule has 20 heavy (non-hydrogen) atoms. The summed E-state index contributed by atoms with van der Waals surface area (Å²) in [5.41, 5.74) is 11.8. The number of nitrogens with two attached hydrogens (primary N) is 2. The molecule has 1 aliphatic heterocycles. The number of nitrogens with zero attached hydrogens (tertiary/aromatic N) is 2. The maximum Gasteiger partial charge on any atom is 0.211 e. The van der Waals surface area contributed by atoms with Gasteiger partial charge in [-0.25, -0.2) is 12.8 Å². The van der Waals surface area contributed by atoms with Gasteiger partial charge in [-0.2, -0.15) is 4.31 Å². The molecule has 0 atom stereocenters. The first-order valence-corrected chi connectivity index (χ1v) is 8.17. The van der Waals surface area contributed by atoms with Gasteiger partial charge in [-0.05, 0) is 6.07 Å². The molecular weight excluding hydrogens is 307 g/mol. The number of piperazine rings is 1. The Kier molecular flexibility index (Phi) is 3.99. The minimum Gasteiger partial charge on any atom is -0.397 e. The van der Waals surface area contributed by atoms with Crippen LogP contribution in [-0.4, -0.2) is 45.2 Å². The van der Waals surface area contributed by atoms with Gasteiger partial charge in [0.05, 0.1) is 23.3 Å². The summed E-state index contributed by atoms with van der Waals surface area (Å²) in [6.07, 6.45) is 1.15. The summed E-state index contributed by atoms with van der Waals surface area (Å²) in [7, 11) is -3.23. The molecule has 4 N–H and O–H groups in total. The standard InChI is InChI=1S/C11H16ClFN4O2S/c1-20(18,19)17-4-2-16(3-5-17)11-8(15)6-7(14)9(12)10(11)13/h6H,2-5,14-15H2,1H3. The molecule has 2 rings (SSSR count). The van der Waals surface area contributed by atoms with E-state index in [0.29, 0.717) is 13.1 Å². The topological polar surface area (TPSA) is 92.7 Å². The van der Waals surface area contributed by atoms with Crippen LogP contribution in [0.3, 0.4) is 0 Å².